The molecule has 88 valence electrons. The van der Waals surface area contributed by atoms with Gasteiger partial charge in [0.2, 0.25) is 11.2 Å². The molecule has 0 saturated heterocycles. The molecule has 1 aromatic heterocycles. The molecule has 0 unspecified atom stereocenters. The van der Waals surface area contributed by atoms with Crippen molar-refractivity contribution in [1.29, 1.82) is 0 Å². The smallest absolute Gasteiger partial charge is 0.225 e. The number of ether oxygens (including phenoxy) is 1. The van der Waals surface area contributed by atoms with Gasteiger partial charge in [-0.1, -0.05) is 15.9 Å². The number of rotatable bonds is 2. The second kappa shape index (κ2) is 4.98. The van der Waals surface area contributed by atoms with Gasteiger partial charge in [0.1, 0.15) is 0 Å². The summed E-state index contributed by atoms with van der Waals surface area (Å²) in [7, 11) is 0. The lowest BCUT2D eigenvalue weighted by Crippen LogP contribution is -1.94. The van der Waals surface area contributed by atoms with Crippen molar-refractivity contribution < 1.29 is 9.13 Å². The van der Waals surface area contributed by atoms with Crippen molar-refractivity contribution >= 4 is 27.5 Å². The Bertz CT molecular complexity index is 545. The Kier molecular flexibility index (Phi) is 3.59. The molecule has 0 bridgehead atoms. The van der Waals surface area contributed by atoms with Crippen molar-refractivity contribution in [1.82, 2.24) is 9.97 Å². The van der Waals surface area contributed by atoms with Gasteiger partial charge in [-0.25, -0.2) is 9.37 Å². The molecule has 0 saturated carbocycles. The van der Waals surface area contributed by atoms with E-state index in [-0.39, 0.29) is 16.9 Å². The van der Waals surface area contributed by atoms with Crippen LogP contribution in [0.15, 0.2) is 28.7 Å². The lowest BCUT2D eigenvalue weighted by Gasteiger charge is -2.06. The van der Waals surface area contributed by atoms with Crippen LogP contribution in [0.3, 0.4) is 0 Å². The third-order valence-electron chi connectivity index (χ3n) is 1.91. The lowest BCUT2D eigenvalue weighted by atomic mass is 10.3. The predicted octanol–water partition coefficient (Wildman–Crippen LogP) is 4.13. The quantitative estimate of drug-likeness (QED) is 0.781. The number of aryl methyl sites for hydroxylation is 1. The molecular weight excluding hydrogens is 310 g/mol. The second-order valence-electron chi connectivity index (χ2n) is 3.29. The van der Waals surface area contributed by atoms with E-state index in [2.05, 4.69) is 25.9 Å². The first-order valence-electron chi connectivity index (χ1n) is 4.69. The second-order valence-corrected chi connectivity index (χ2v) is 4.55. The predicted molar refractivity (Wildman–Crippen MR) is 66.0 cm³/mol. The van der Waals surface area contributed by atoms with Crippen LogP contribution in [0.25, 0.3) is 0 Å². The number of benzene rings is 1. The van der Waals surface area contributed by atoms with Gasteiger partial charge in [-0.2, -0.15) is 4.98 Å². The maximum Gasteiger partial charge on any atom is 0.225 e. The Morgan fingerprint density at radius 2 is 2.06 bits per heavy atom. The van der Waals surface area contributed by atoms with Gasteiger partial charge >= 0.3 is 0 Å². The lowest BCUT2D eigenvalue weighted by molar-refractivity contribution is 0.425. The van der Waals surface area contributed by atoms with Crippen LogP contribution < -0.4 is 4.74 Å². The third-order valence-corrected chi connectivity index (χ3v) is 2.57. The van der Waals surface area contributed by atoms with E-state index in [9.17, 15) is 4.39 Å². The molecule has 0 amide bonds. The third kappa shape index (κ3) is 3.14. The van der Waals surface area contributed by atoms with E-state index in [1.54, 1.807) is 19.1 Å². The van der Waals surface area contributed by atoms with Crippen molar-refractivity contribution in [3.63, 3.8) is 0 Å². The van der Waals surface area contributed by atoms with Crippen LogP contribution in [0.5, 0.6) is 11.6 Å². The zero-order valence-corrected chi connectivity index (χ0v) is 11.1. The summed E-state index contributed by atoms with van der Waals surface area (Å²) < 4.78 is 19.5. The van der Waals surface area contributed by atoms with E-state index in [4.69, 9.17) is 16.3 Å². The summed E-state index contributed by atoms with van der Waals surface area (Å²) in [5.41, 5.74) is 0.649. The molecule has 0 spiro atoms. The van der Waals surface area contributed by atoms with Gasteiger partial charge in [0, 0.05) is 16.2 Å². The van der Waals surface area contributed by atoms with Gasteiger partial charge in [-0.05, 0) is 36.7 Å². The minimum Gasteiger partial charge on any atom is -0.436 e. The van der Waals surface area contributed by atoms with E-state index in [0.29, 0.717) is 10.2 Å². The number of aromatic nitrogens is 2. The standard InChI is InChI=1S/C11H7BrClFN2O/c1-6-4-10(16-11(13)15-6)17-9-5-7(12)2-3-8(9)14/h2-5H,1H3. The molecule has 2 rings (SSSR count). The number of hydrogen-bond acceptors (Lipinski definition) is 3. The molecular formula is C11H7BrClFN2O. The molecule has 1 heterocycles. The van der Waals surface area contributed by atoms with Crippen LogP contribution in [-0.4, -0.2) is 9.97 Å². The number of halogens is 3. The Labute approximate surface area is 111 Å². The summed E-state index contributed by atoms with van der Waals surface area (Å²) in [6.07, 6.45) is 0. The van der Waals surface area contributed by atoms with Gasteiger partial charge in [0.25, 0.3) is 0 Å². The molecule has 1 aromatic carbocycles. The molecule has 0 aliphatic heterocycles. The SMILES string of the molecule is Cc1cc(Oc2cc(Br)ccc2F)nc(Cl)n1. The Morgan fingerprint density at radius 1 is 1.29 bits per heavy atom. The van der Waals surface area contributed by atoms with Crippen LogP contribution in [0.4, 0.5) is 4.39 Å². The fourth-order valence-corrected chi connectivity index (χ4v) is 1.78. The van der Waals surface area contributed by atoms with Crippen molar-refractivity contribution in [3.8, 4) is 11.6 Å². The average molecular weight is 318 g/mol. The summed E-state index contributed by atoms with van der Waals surface area (Å²) in [6, 6.07) is 5.97. The zero-order chi connectivity index (χ0) is 12.4. The summed E-state index contributed by atoms with van der Waals surface area (Å²) in [5, 5.41) is 0.0652. The van der Waals surface area contributed by atoms with Crippen LogP contribution in [0, 0.1) is 12.7 Å². The number of hydrogen-bond donors (Lipinski definition) is 0. The van der Waals surface area contributed by atoms with E-state index >= 15 is 0 Å². The Hall–Kier alpha value is -1.20. The van der Waals surface area contributed by atoms with Crippen LogP contribution in [0.2, 0.25) is 5.28 Å². The minimum atomic E-state index is -0.472. The highest BCUT2D eigenvalue weighted by Gasteiger charge is 2.08. The molecule has 0 aliphatic carbocycles. The van der Waals surface area contributed by atoms with Crippen molar-refractivity contribution in [3.05, 3.63) is 45.5 Å². The van der Waals surface area contributed by atoms with Gasteiger partial charge in [-0.15, -0.1) is 0 Å². The zero-order valence-electron chi connectivity index (χ0n) is 8.75. The number of nitrogens with zero attached hydrogens (tertiary/aromatic N) is 2. The van der Waals surface area contributed by atoms with E-state index in [0.717, 1.165) is 0 Å². The Balaban J connectivity index is 2.34. The minimum absolute atomic E-state index is 0.0652. The summed E-state index contributed by atoms with van der Waals surface area (Å²) in [6.45, 7) is 1.75. The first kappa shape index (κ1) is 12.3. The maximum absolute atomic E-state index is 13.4. The van der Waals surface area contributed by atoms with Gasteiger partial charge in [0.05, 0.1) is 0 Å². The first-order valence-corrected chi connectivity index (χ1v) is 5.86. The van der Waals surface area contributed by atoms with E-state index in [1.807, 2.05) is 0 Å². The molecule has 2 aromatic rings. The first-order chi connectivity index (χ1) is 8.04. The largest absolute Gasteiger partial charge is 0.436 e. The van der Waals surface area contributed by atoms with E-state index in [1.165, 1.54) is 12.1 Å². The molecule has 0 radical (unpaired) electrons. The average Bonchev–Trinajstić information content (AvgIpc) is 2.22. The van der Waals surface area contributed by atoms with Crippen LogP contribution in [0.1, 0.15) is 5.69 Å². The fourth-order valence-electron chi connectivity index (χ4n) is 1.23. The van der Waals surface area contributed by atoms with Crippen LogP contribution >= 0.6 is 27.5 Å². The highest BCUT2D eigenvalue weighted by Crippen LogP contribution is 2.27. The van der Waals surface area contributed by atoms with E-state index < -0.39 is 5.82 Å². The highest BCUT2D eigenvalue weighted by molar-refractivity contribution is 9.10. The summed E-state index contributed by atoms with van der Waals surface area (Å²) in [4.78, 5) is 7.74. The Morgan fingerprint density at radius 3 is 2.76 bits per heavy atom. The normalized spacial score (nSPS) is 10.4. The maximum atomic E-state index is 13.4. The molecule has 17 heavy (non-hydrogen) atoms. The highest BCUT2D eigenvalue weighted by atomic mass is 79.9. The van der Waals surface area contributed by atoms with Gasteiger partial charge in [-0.3, -0.25) is 0 Å². The molecule has 6 heteroatoms. The molecule has 0 fully saturated rings. The van der Waals surface area contributed by atoms with Crippen molar-refractivity contribution in [2.45, 2.75) is 6.92 Å². The summed E-state index contributed by atoms with van der Waals surface area (Å²) >= 11 is 8.92. The van der Waals surface area contributed by atoms with Crippen LogP contribution in [-0.2, 0) is 0 Å². The molecule has 0 N–H and O–H groups in total. The monoisotopic (exact) mass is 316 g/mol. The topological polar surface area (TPSA) is 35.0 Å². The van der Waals surface area contributed by atoms with Crippen molar-refractivity contribution in [2.24, 2.45) is 0 Å². The molecule has 3 nitrogen and oxygen atoms in total. The summed E-state index contributed by atoms with van der Waals surface area (Å²) in [5.74, 6) is -0.186. The molecule has 0 aliphatic rings. The van der Waals surface area contributed by atoms with Gasteiger partial charge < -0.3 is 4.74 Å². The van der Waals surface area contributed by atoms with Gasteiger partial charge in [0.15, 0.2) is 11.6 Å². The van der Waals surface area contributed by atoms with Crippen molar-refractivity contribution in [2.75, 3.05) is 0 Å². The fraction of sp³-hybridized carbons (Fsp3) is 0.0909. The molecule has 0 atom stereocenters.